The van der Waals surface area contributed by atoms with Crippen LogP contribution in [0.3, 0.4) is 0 Å². The highest BCUT2D eigenvalue weighted by atomic mass is 79.9. The summed E-state index contributed by atoms with van der Waals surface area (Å²) in [6.07, 6.45) is -7.22. The third kappa shape index (κ3) is 6.94. The number of aromatic nitrogens is 1. The fourth-order valence-corrected chi connectivity index (χ4v) is 8.52. The van der Waals surface area contributed by atoms with E-state index in [-0.39, 0.29) is 0 Å². The molecule has 0 aliphatic heterocycles. The summed E-state index contributed by atoms with van der Waals surface area (Å²) in [4.78, 5) is 0. The molecule has 0 amide bonds. The Morgan fingerprint density at radius 1 is 0.355 bits per heavy atom. The van der Waals surface area contributed by atoms with E-state index in [9.17, 15) is 52.7 Å². The summed E-state index contributed by atoms with van der Waals surface area (Å²) in [5, 5.41) is 0. The molecule has 1 heterocycles. The van der Waals surface area contributed by atoms with Crippen molar-refractivity contribution in [1.82, 2.24) is 0 Å². The lowest BCUT2D eigenvalue weighted by atomic mass is 9.12. The van der Waals surface area contributed by atoms with Gasteiger partial charge in [0.15, 0.2) is 76.4 Å². The van der Waals surface area contributed by atoms with Crippen LogP contribution >= 0.6 is 27.3 Å². The molecular formula is C38H11BBrF20NS. The van der Waals surface area contributed by atoms with Crippen molar-refractivity contribution in [2.24, 2.45) is 0 Å². The summed E-state index contributed by atoms with van der Waals surface area (Å²) in [7, 11) is 0. The van der Waals surface area contributed by atoms with Crippen LogP contribution < -0.4 is 26.4 Å². The zero-order valence-corrected chi connectivity index (χ0v) is 31.7. The standard InChI is InChI=1S/C24BF20.C14H11BrNS/c26-5-1(6(27)14(35)21(42)13(5)34)25(2-7(28)15(36)22(43)16(37)8(2)29,3-9(30)17(38)23(44)18(39)10(3)31)4-11(32)19(40)24(45)20(41)12(4)33;15-14-16(10-11-6-2-1-3-7-11)12-8-4-5-9-13(12)17-14/h;1-9H,10H2/q-1;+1. The van der Waals surface area contributed by atoms with Gasteiger partial charge in [0.2, 0.25) is 5.52 Å². The third-order valence-corrected chi connectivity index (χ3v) is 11.3. The van der Waals surface area contributed by atoms with Crippen LogP contribution in [-0.4, -0.2) is 6.15 Å². The molecule has 0 atom stereocenters. The minimum Gasteiger partial charge on any atom is -0.207 e. The fraction of sp³-hybridized carbons (Fsp3) is 0.0263. The Morgan fingerprint density at radius 2 is 0.613 bits per heavy atom. The maximum Gasteiger partial charge on any atom is 0.306 e. The molecule has 7 aromatic rings. The molecule has 7 rings (SSSR count). The summed E-state index contributed by atoms with van der Waals surface area (Å²) in [6.45, 7) is 0.908. The van der Waals surface area contributed by atoms with Crippen LogP contribution in [0.1, 0.15) is 5.56 Å². The van der Waals surface area contributed by atoms with Crippen molar-refractivity contribution in [3.05, 3.63) is 180 Å². The number of nitrogens with zero attached hydrogens (tertiary/aromatic N) is 1. The fourth-order valence-electron chi connectivity index (χ4n) is 6.79. The van der Waals surface area contributed by atoms with Crippen LogP contribution in [0.2, 0.25) is 0 Å². The highest BCUT2D eigenvalue weighted by Gasteiger charge is 2.52. The minimum atomic E-state index is -7.22. The molecule has 62 heavy (non-hydrogen) atoms. The van der Waals surface area contributed by atoms with E-state index in [1.165, 1.54) is 19.7 Å². The second kappa shape index (κ2) is 16.9. The first-order valence-corrected chi connectivity index (χ1v) is 18.0. The van der Waals surface area contributed by atoms with Crippen LogP contribution in [0.15, 0.2) is 58.5 Å². The number of halogens is 21. The number of hydrogen-bond acceptors (Lipinski definition) is 1. The van der Waals surface area contributed by atoms with Crippen LogP contribution in [-0.2, 0) is 6.54 Å². The Balaban J connectivity index is 0.000000311. The number of benzene rings is 6. The van der Waals surface area contributed by atoms with Gasteiger partial charge in [-0.15, -0.1) is 21.9 Å². The average molecular weight is 984 g/mol. The summed E-state index contributed by atoms with van der Waals surface area (Å²) in [5.41, 5.74) is -11.7. The zero-order valence-electron chi connectivity index (χ0n) is 29.3. The van der Waals surface area contributed by atoms with Gasteiger partial charge in [0.1, 0.15) is 57.4 Å². The largest absolute Gasteiger partial charge is 0.306 e. The number of fused-ring (bicyclic) bond motifs is 1. The smallest absolute Gasteiger partial charge is 0.207 e. The minimum absolute atomic E-state index is 0.908. The number of rotatable bonds is 6. The van der Waals surface area contributed by atoms with Gasteiger partial charge in [-0.1, -0.05) is 53.8 Å². The van der Waals surface area contributed by atoms with Gasteiger partial charge in [0, 0.05) is 27.6 Å². The maximum absolute atomic E-state index is 15.4. The second-order valence-electron chi connectivity index (χ2n) is 12.7. The molecule has 0 bridgehead atoms. The van der Waals surface area contributed by atoms with Crippen molar-refractivity contribution in [1.29, 1.82) is 0 Å². The van der Waals surface area contributed by atoms with Crippen molar-refractivity contribution in [3.8, 4) is 0 Å². The van der Waals surface area contributed by atoms with Gasteiger partial charge in [-0.2, -0.15) is 4.57 Å². The Labute approximate surface area is 344 Å². The van der Waals surface area contributed by atoms with E-state index in [1.54, 1.807) is 11.3 Å². The van der Waals surface area contributed by atoms with Crippen LogP contribution in [0.5, 0.6) is 0 Å². The second-order valence-corrected chi connectivity index (χ2v) is 15.0. The first-order chi connectivity index (χ1) is 29.0. The molecular weight excluding hydrogens is 973 g/mol. The first-order valence-electron chi connectivity index (χ1n) is 16.4. The lowest BCUT2D eigenvalue weighted by Crippen LogP contribution is -2.81. The molecule has 0 spiro atoms. The van der Waals surface area contributed by atoms with Gasteiger partial charge >= 0.3 is 3.92 Å². The number of para-hydroxylation sites is 1. The number of thiazole rings is 1. The summed E-state index contributed by atoms with van der Waals surface area (Å²) in [6, 6.07) is 19.0. The van der Waals surface area contributed by atoms with Gasteiger partial charge in [0.05, 0.1) is 0 Å². The molecule has 1 nitrogen and oxygen atoms in total. The third-order valence-electron chi connectivity index (χ3n) is 9.45. The molecule has 1 aromatic heterocycles. The van der Waals surface area contributed by atoms with E-state index in [0.717, 1.165) is 6.54 Å². The van der Waals surface area contributed by atoms with Crippen LogP contribution in [0.25, 0.3) is 10.2 Å². The van der Waals surface area contributed by atoms with Gasteiger partial charge in [-0.3, -0.25) is 0 Å². The zero-order chi connectivity index (χ0) is 46.0. The van der Waals surface area contributed by atoms with Crippen molar-refractivity contribution >= 4 is 65.5 Å². The lowest BCUT2D eigenvalue weighted by molar-refractivity contribution is -0.668. The maximum atomic E-state index is 15.4. The molecule has 0 radical (unpaired) electrons. The Bertz CT molecular complexity index is 2580. The van der Waals surface area contributed by atoms with Gasteiger partial charge in [-0.05, 0) is 6.07 Å². The molecule has 0 fully saturated rings. The summed E-state index contributed by atoms with van der Waals surface area (Å²) >= 11 is 5.43. The number of hydrogen-bond donors (Lipinski definition) is 0. The van der Waals surface area contributed by atoms with Crippen LogP contribution in [0.4, 0.5) is 87.8 Å². The molecule has 324 valence electrons. The first kappa shape index (κ1) is 45.9. The highest BCUT2D eigenvalue weighted by Crippen LogP contribution is 2.31. The Kier molecular flexibility index (Phi) is 12.5. The van der Waals surface area contributed by atoms with E-state index < -0.39 is 144 Å². The topological polar surface area (TPSA) is 3.88 Å². The van der Waals surface area contributed by atoms with E-state index in [0.29, 0.717) is 0 Å². The summed E-state index contributed by atoms with van der Waals surface area (Å²) < 4.78 is 299. The lowest BCUT2D eigenvalue weighted by Gasteiger charge is -2.44. The molecule has 0 unspecified atom stereocenters. The SMILES string of the molecule is Brc1sc2ccccc2[n+]1Cc1ccccc1.Fc1c(F)c(F)c([B-](c2c(F)c(F)c(F)c(F)c2F)(c2c(F)c(F)c(F)c(F)c2F)c2c(F)c(F)c(F)c(F)c2F)c(F)c1F. The van der Waals surface area contributed by atoms with Gasteiger partial charge in [0.25, 0.3) is 0 Å². The molecule has 6 aromatic carbocycles. The van der Waals surface area contributed by atoms with E-state index >= 15 is 35.1 Å². The van der Waals surface area contributed by atoms with Gasteiger partial charge in [-0.25, -0.2) is 87.8 Å². The molecule has 24 heteroatoms. The monoisotopic (exact) mass is 983 g/mol. The summed E-state index contributed by atoms with van der Waals surface area (Å²) in [5.74, 6) is -71.4. The van der Waals surface area contributed by atoms with Crippen molar-refractivity contribution in [3.63, 3.8) is 0 Å². The van der Waals surface area contributed by atoms with Gasteiger partial charge < -0.3 is 0 Å². The van der Waals surface area contributed by atoms with Crippen molar-refractivity contribution in [2.75, 3.05) is 0 Å². The van der Waals surface area contributed by atoms with E-state index in [1.807, 2.05) is 0 Å². The Hall–Kier alpha value is -5.65. The van der Waals surface area contributed by atoms with Crippen molar-refractivity contribution in [2.45, 2.75) is 6.54 Å². The molecule has 0 saturated heterocycles. The predicted molar refractivity (Wildman–Crippen MR) is 184 cm³/mol. The molecule has 0 saturated carbocycles. The molecule has 0 N–H and O–H groups in total. The van der Waals surface area contributed by atoms with Crippen LogP contribution in [0, 0.1) is 116 Å². The Morgan fingerprint density at radius 3 is 0.919 bits per heavy atom. The average Bonchev–Trinajstić information content (AvgIpc) is 3.57. The van der Waals surface area contributed by atoms with E-state index in [2.05, 4.69) is 75.1 Å². The molecule has 0 aliphatic rings. The highest BCUT2D eigenvalue weighted by molar-refractivity contribution is 9.11. The predicted octanol–water partition coefficient (Wildman–Crippen LogP) is 9.85. The van der Waals surface area contributed by atoms with Crippen molar-refractivity contribution < 1.29 is 92.4 Å². The van der Waals surface area contributed by atoms with E-state index in [4.69, 9.17) is 0 Å². The normalized spacial score (nSPS) is 11.7. The quantitative estimate of drug-likeness (QED) is 0.0514. The molecule has 0 aliphatic carbocycles.